The number of aromatic nitrogens is 4. The third-order valence-corrected chi connectivity index (χ3v) is 2.05. The largest absolute Gasteiger partial charge is 0.475 e. The van der Waals surface area contributed by atoms with E-state index in [2.05, 4.69) is 19.9 Å². The maximum atomic E-state index is 5.55. The SMILES string of the molecule is CN(C)CCOc1nc(N)nc2nc[nH]c12. The quantitative estimate of drug-likeness (QED) is 0.749. The van der Waals surface area contributed by atoms with E-state index in [4.69, 9.17) is 10.5 Å². The molecule has 0 radical (unpaired) electrons. The minimum atomic E-state index is 0.166. The molecule has 2 aromatic rings. The van der Waals surface area contributed by atoms with Crippen molar-refractivity contribution in [1.29, 1.82) is 0 Å². The van der Waals surface area contributed by atoms with Gasteiger partial charge in [-0.05, 0) is 14.1 Å². The van der Waals surface area contributed by atoms with Crippen LogP contribution in [0.4, 0.5) is 5.95 Å². The molecule has 0 unspecified atom stereocenters. The van der Waals surface area contributed by atoms with E-state index in [0.29, 0.717) is 23.7 Å². The number of hydrogen-bond donors (Lipinski definition) is 2. The van der Waals surface area contributed by atoms with Gasteiger partial charge in [-0.1, -0.05) is 0 Å². The molecule has 86 valence electrons. The number of H-pyrrole nitrogens is 1. The summed E-state index contributed by atoms with van der Waals surface area (Å²) < 4.78 is 5.53. The van der Waals surface area contributed by atoms with E-state index >= 15 is 0 Å². The van der Waals surface area contributed by atoms with Gasteiger partial charge in [0.15, 0.2) is 5.65 Å². The summed E-state index contributed by atoms with van der Waals surface area (Å²) in [6, 6.07) is 0. The van der Waals surface area contributed by atoms with Crippen molar-refractivity contribution in [2.45, 2.75) is 0 Å². The van der Waals surface area contributed by atoms with Gasteiger partial charge < -0.3 is 20.4 Å². The lowest BCUT2D eigenvalue weighted by Crippen LogP contribution is -2.20. The second-order valence-electron chi connectivity index (χ2n) is 3.64. The van der Waals surface area contributed by atoms with Crippen molar-refractivity contribution < 1.29 is 4.74 Å². The molecule has 0 saturated carbocycles. The molecule has 0 aliphatic heterocycles. The second-order valence-corrected chi connectivity index (χ2v) is 3.64. The number of rotatable bonds is 4. The van der Waals surface area contributed by atoms with Crippen molar-refractivity contribution in [3.8, 4) is 5.88 Å². The maximum absolute atomic E-state index is 5.55. The molecule has 0 bridgehead atoms. The zero-order valence-corrected chi connectivity index (χ0v) is 9.27. The first-order chi connectivity index (χ1) is 7.66. The highest BCUT2D eigenvalue weighted by Gasteiger charge is 2.09. The van der Waals surface area contributed by atoms with Crippen LogP contribution in [0.15, 0.2) is 6.33 Å². The van der Waals surface area contributed by atoms with E-state index in [0.717, 1.165) is 6.54 Å². The highest BCUT2D eigenvalue weighted by atomic mass is 16.5. The van der Waals surface area contributed by atoms with Gasteiger partial charge in [0.05, 0.1) is 6.33 Å². The molecular weight excluding hydrogens is 208 g/mol. The van der Waals surface area contributed by atoms with Gasteiger partial charge in [0, 0.05) is 6.54 Å². The predicted octanol–water partition coefficient (Wildman–Crippen LogP) is -0.124. The first-order valence-electron chi connectivity index (χ1n) is 4.91. The van der Waals surface area contributed by atoms with Gasteiger partial charge in [-0.15, -0.1) is 0 Å². The first kappa shape index (κ1) is 10.6. The molecule has 0 atom stereocenters. The molecule has 0 aromatic carbocycles. The smallest absolute Gasteiger partial charge is 0.245 e. The Labute approximate surface area is 92.7 Å². The van der Waals surface area contributed by atoms with Crippen molar-refractivity contribution in [3.05, 3.63) is 6.33 Å². The molecule has 2 aromatic heterocycles. The summed E-state index contributed by atoms with van der Waals surface area (Å²) in [5, 5.41) is 0. The molecular formula is C9H14N6O. The van der Waals surface area contributed by atoms with Crippen LogP contribution < -0.4 is 10.5 Å². The van der Waals surface area contributed by atoms with Crippen LogP contribution in [0, 0.1) is 0 Å². The molecule has 2 rings (SSSR count). The summed E-state index contributed by atoms with van der Waals surface area (Å²) >= 11 is 0. The predicted molar refractivity (Wildman–Crippen MR) is 60.1 cm³/mol. The van der Waals surface area contributed by atoms with Crippen LogP contribution in [0.2, 0.25) is 0 Å². The molecule has 7 nitrogen and oxygen atoms in total. The van der Waals surface area contributed by atoms with Gasteiger partial charge in [-0.3, -0.25) is 0 Å². The lowest BCUT2D eigenvalue weighted by Gasteiger charge is -2.10. The van der Waals surface area contributed by atoms with Crippen LogP contribution in [-0.2, 0) is 0 Å². The normalized spacial score (nSPS) is 11.2. The van der Waals surface area contributed by atoms with E-state index in [1.165, 1.54) is 6.33 Å². The van der Waals surface area contributed by atoms with Crippen LogP contribution in [0.5, 0.6) is 5.88 Å². The molecule has 0 saturated heterocycles. The number of imidazole rings is 1. The summed E-state index contributed by atoms with van der Waals surface area (Å²) in [6.45, 7) is 1.34. The summed E-state index contributed by atoms with van der Waals surface area (Å²) in [6.07, 6.45) is 1.54. The van der Waals surface area contributed by atoms with Crippen LogP contribution in [0.1, 0.15) is 0 Å². The summed E-state index contributed by atoms with van der Waals surface area (Å²) in [7, 11) is 3.95. The third kappa shape index (κ3) is 2.19. The summed E-state index contributed by atoms with van der Waals surface area (Å²) in [5.41, 5.74) is 6.74. The number of aromatic amines is 1. The Morgan fingerprint density at radius 1 is 1.44 bits per heavy atom. The Kier molecular flexibility index (Phi) is 2.86. The number of nitrogens with one attached hydrogen (secondary N) is 1. The Morgan fingerprint density at radius 3 is 3.00 bits per heavy atom. The Balaban J connectivity index is 2.19. The molecule has 0 spiro atoms. The number of nitrogens with two attached hydrogens (primary N) is 1. The highest BCUT2D eigenvalue weighted by molar-refractivity contribution is 5.76. The molecule has 0 aliphatic rings. The van der Waals surface area contributed by atoms with E-state index in [9.17, 15) is 0 Å². The molecule has 0 aliphatic carbocycles. The van der Waals surface area contributed by atoms with E-state index in [-0.39, 0.29) is 5.95 Å². The zero-order valence-electron chi connectivity index (χ0n) is 9.27. The van der Waals surface area contributed by atoms with Crippen molar-refractivity contribution in [1.82, 2.24) is 24.8 Å². The molecule has 7 heteroatoms. The van der Waals surface area contributed by atoms with Crippen LogP contribution in [0.25, 0.3) is 11.2 Å². The number of ether oxygens (including phenoxy) is 1. The average molecular weight is 222 g/mol. The zero-order chi connectivity index (χ0) is 11.5. The van der Waals surface area contributed by atoms with Crippen LogP contribution >= 0.6 is 0 Å². The second kappa shape index (κ2) is 4.31. The highest BCUT2D eigenvalue weighted by Crippen LogP contribution is 2.19. The number of likely N-dealkylation sites (N-methyl/N-ethyl adjacent to an activating group) is 1. The van der Waals surface area contributed by atoms with Gasteiger partial charge in [0.25, 0.3) is 0 Å². The fraction of sp³-hybridized carbons (Fsp3) is 0.444. The number of anilines is 1. The standard InChI is InChI=1S/C9H14N6O/c1-15(2)3-4-16-8-6-7(12-5-11-6)13-9(10)14-8/h5H,3-4H2,1-2H3,(H3,10,11,12,13,14). The summed E-state index contributed by atoms with van der Waals surface area (Å²) in [5.74, 6) is 0.612. The monoisotopic (exact) mass is 222 g/mol. The maximum Gasteiger partial charge on any atom is 0.245 e. The van der Waals surface area contributed by atoms with Crippen LogP contribution in [0.3, 0.4) is 0 Å². The third-order valence-electron chi connectivity index (χ3n) is 2.05. The molecule has 16 heavy (non-hydrogen) atoms. The van der Waals surface area contributed by atoms with Crippen molar-refractivity contribution in [2.75, 3.05) is 33.0 Å². The van der Waals surface area contributed by atoms with Gasteiger partial charge in [0.1, 0.15) is 12.1 Å². The van der Waals surface area contributed by atoms with Gasteiger partial charge in [-0.2, -0.15) is 9.97 Å². The topological polar surface area (TPSA) is 92.9 Å². The van der Waals surface area contributed by atoms with Crippen molar-refractivity contribution >= 4 is 17.1 Å². The molecule has 0 fully saturated rings. The minimum Gasteiger partial charge on any atom is -0.475 e. The fourth-order valence-corrected chi connectivity index (χ4v) is 1.25. The van der Waals surface area contributed by atoms with E-state index in [1.807, 2.05) is 19.0 Å². The number of nitrogens with zero attached hydrogens (tertiary/aromatic N) is 4. The van der Waals surface area contributed by atoms with Gasteiger partial charge in [-0.25, -0.2) is 4.98 Å². The first-order valence-corrected chi connectivity index (χ1v) is 4.91. The number of nitrogen functional groups attached to an aromatic ring is 1. The molecule has 2 heterocycles. The van der Waals surface area contributed by atoms with E-state index < -0.39 is 0 Å². The lowest BCUT2D eigenvalue weighted by atomic mass is 10.5. The number of hydrogen-bond acceptors (Lipinski definition) is 6. The Hall–Kier alpha value is -1.89. The lowest BCUT2D eigenvalue weighted by molar-refractivity contribution is 0.256. The fourth-order valence-electron chi connectivity index (χ4n) is 1.25. The van der Waals surface area contributed by atoms with Crippen molar-refractivity contribution in [3.63, 3.8) is 0 Å². The van der Waals surface area contributed by atoms with Crippen molar-refractivity contribution in [2.24, 2.45) is 0 Å². The average Bonchev–Trinajstić information content (AvgIpc) is 2.64. The Bertz CT molecular complexity index is 480. The van der Waals surface area contributed by atoms with Gasteiger partial charge in [0.2, 0.25) is 11.8 Å². The minimum absolute atomic E-state index is 0.166. The number of fused-ring (bicyclic) bond motifs is 1. The van der Waals surface area contributed by atoms with E-state index in [1.54, 1.807) is 0 Å². The van der Waals surface area contributed by atoms with Crippen LogP contribution in [-0.4, -0.2) is 52.1 Å². The summed E-state index contributed by atoms with van der Waals surface area (Å²) in [4.78, 5) is 17.0. The molecule has 3 N–H and O–H groups in total. The molecule has 0 amide bonds. The van der Waals surface area contributed by atoms with Gasteiger partial charge >= 0.3 is 0 Å². The Morgan fingerprint density at radius 2 is 2.25 bits per heavy atom.